The zero-order chi connectivity index (χ0) is 13.5. The zero-order valence-electron chi connectivity index (χ0n) is 10.6. The average Bonchev–Trinajstić information content (AvgIpc) is 2.77. The molecule has 0 saturated heterocycles. The maximum atomic E-state index is 11.4. The number of nitrogens with one attached hydrogen (secondary N) is 1. The fourth-order valence-corrected chi connectivity index (χ4v) is 2.50. The molecule has 1 rings (SSSR count). The molecule has 5 nitrogen and oxygen atoms in total. The minimum absolute atomic E-state index is 0.0292. The average molecular weight is 270 g/mol. The number of nitrogens with zero attached hydrogens (tertiary/aromatic N) is 1. The van der Waals surface area contributed by atoms with Crippen molar-refractivity contribution in [3.05, 3.63) is 21.9 Å². The van der Waals surface area contributed by atoms with Crippen molar-refractivity contribution in [1.82, 2.24) is 10.2 Å². The molecule has 0 radical (unpaired) electrons. The summed E-state index contributed by atoms with van der Waals surface area (Å²) < 4.78 is 0. The van der Waals surface area contributed by atoms with Crippen molar-refractivity contribution < 1.29 is 14.7 Å². The van der Waals surface area contributed by atoms with Gasteiger partial charge in [0.05, 0.1) is 6.54 Å². The van der Waals surface area contributed by atoms with Gasteiger partial charge in [-0.25, -0.2) is 4.79 Å². The van der Waals surface area contributed by atoms with Crippen molar-refractivity contribution in [2.24, 2.45) is 0 Å². The van der Waals surface area contributed by atoms with Gasteiger partial charge in [0.1, 0.15) is 4.88 Å². The van der Waals surface area contributed by atoms with Crippen molar-refractivity contribution >= 4 is 23.2 Å². The van der Waals surface area contributed by atoms with Crippen molar-refractivity contribution in [3.8, 4) is 0 Å². The number of likely N-dealkylation sites (N-methyl/N-ethyl adjacent to an activating group) is 1. The molecule has 100 valence electrons. The lowest BCUT2D eigenvalue weighted by molar-refractivity contribution is -0.121. The van der Waals surface area contributed by atoms with Crippen LogP contribution >= 0.6 is 11.3 Å². The number of rotatable bonds is 7. The lowest BCUT2D eigenvalue weighted by atomic mass is 10.3. The summed E-state index contributed by atoms with van der Waals surface area (Å²) in [5, 5.41) is 11.4. The van der Waals surface area contributed by atoms with Crippen molar-refractivity contribution in [2.75, 3.05) is 20.1 Å². The molecule has 2 N–H and O–H groups in total. The molecule has 0 aliphatic rings. The van der Waals surface area contributed by atoms with E-state index in [9.17, 15) is 9.59 Å². The molecule has 0 saturated carbocycles. The predicted molar refractivity (Wildman–Crippen MR) is 70.9 cm³/mol. The van der Waals surface area contributed by atoms with Crippen LogP contribution in [0.15, 0.2) is 12.1 Å². The molecule has 18 heavy (non-hydrogen) atoms. The van der Waals surface area contributed by atoms with Gasteiger partial charge in [0.15, 0.2) is 0 Å². The van der Waals surface area contributed by atoms with Crippen LogP contribution in [0.5, 0.6) is 0 Å². The van der Waals surface area contributed by atoms with Crippen LogP contribution in [0.4, 0.5) is 0 Å². The van der Waals surface area contributed by atoms with Gasteiger partial charge in [-0.2, -0.15) is 0 Å². The molecule has 0 aromatic carbocycles. The van der Waals surface area contributed by atoms with Crippen LogP contribution in [0.2, 0.25) is 0 Å². The molecular weight excluding hydrogens is 252 g/mol. The highest BCUT2D eigenvalue weighted by Crippen LogP contribution is 2.18. The lowest BCUT2D eigenvalue weighted by Crippen LogP contribution is -2.35. The highest BCUT2D eigenvalue weighted by Gasteiger charge is 2.12. The second-order valence-corrected chi connectivity index (χ2v) is 5.12. The minimum atomic E-state index is -0.903. The molecule has 0 aliphatic carbocycles. The van der Waals surface area contributed by atoms with Crippen LogP contribution in [0.3, 0.4) is 0 Å². The number of carboxylic acids is 1. The Balaban J connectivity index is 2.63. The highest BCUT2D eigenvalue weighted by molar-refractivity contribution is 7.13. The van der Waals surface area contributed by atoms with Gasteiger partial charge in [-0.1, -0.05) is 6.92 Å². The Morgan fingerprint density at radius 2 is 2.17 bits per heavy atom. The fourth-order valence-electron chi connectivity index (χ4n) is 1.61. The summed E-state index contributed by atoms with van der Waals surface area (Å²) in [6.07, 6.45) is 0.953. The van der Waals surface area contributed by atoms with E-state index in [1.807, 2.05) is 11.8 Å². The molecule has 0 bridgehead atoms. The van der Waals surface area contributed by atoms with Crippen molar-refractivity contribution in [3.63, 3.8) is 0 Å². The van der Waals surface area contributed by atoms with Gasteiger partial charge in [-0.3, -0.25) is 9.69 Å². The van der Waals surface area contributed by atoms with E-state index >= 15 is 0 Å². The first-order chi connectivity index (χ1) is 8.56. The number of carboxylic acid groups (broad SMARTS) is 1. The number of hydrogen-bond acceptors (Lipinski definition) is 4. The number of carbonyl (C=O) groups is 2. The standard InChI is InChI=1S/C12H18N2O3S/c1-3-6-14(8-11(15)13-2)7-9-4-5-10(18-9)12(16)17/h4-5H,3,6-8H2,1-2H3,(H,13,15)(H,16,17). The molecule has 0 spiro atoms. The van der Waals surface area contributed by atoms with Crippen LogP contribution in [0, 0.1) is 0 Å². The zero-order valence-corrected chi connectivity index (χ0v) is 11.4. The summed E-state index contributed by atoms with van der Waals surface area (Å²) >= 11 is 1.26. The first-order valence-electron chi connectivity index (χ1n) is 5.81. The fraction of sp³-hybridized carbons (Fsp3) is 0.500. The predicted octanol–water partition coefficient (Wildman–Crippen LogP) is 1.40. The Hall–Kier alpha value is -1.40. The van der Waals surface area contributed by atoms with Crippen LogP contribution in [-0.2, 0) is 11.3 Å². The summed E-state index contributed by atoms with van der Waals surface area (Å²) in [5.41, 5.74) is 0. The quantitative estimate of drug-likeness (QED) is 0.786. The number of aromatic carboxylic acids is 1. The summed E-state index contributed by atoms with van der Waals surface area (Å²) in [6.45, 7) is 3.81. The van der Waals surface area contributed by atoms with Gasteiger partial charge in [0, 0.05) is 18.5 Å². The van der Waals surface area contributed by atoms with E-state index in [-0.39, 0.29) is 5.91 Å². The third kappa shape index (κ3) is 4.46. The lowest BCUT2D eigenvalue weighted by Gasteiger charge is -2.19. The van der Waals surface area contributed by atoms with E-state index in [0.717, 1.165) is 17.8 Å². The maximum absolute atomic E-state index is 11.4. The molecule has 0 atom stereocenters. The first-order valence-corrected chi connectivity index (χ1v) is 6.63. The van der Waals surface area contributed by atoms with Gasteiger partial charge in [-0.15, -0.1) is 11.3 Å². The van der Waals surface area contributed by atoms with E-state index in [1.165, 1.54) is 11.3 Å². The van der Waals surface area contributed by atoms with E-state index in [4.69, 9.17) is 5.11 Å². The number of thiophene rings is 1. The monoisotopic (exact) mass is 270 g/mol. The molecule has 0 aliphatic heterocycles. The van der Waals surface area contributed by atoms with Gasteiger partial charge < -0.3 is 10.4 Å². The van der Waals surface area contributed by atoms with E-state index in [2.05, 4.69) is 5.32 Å². The molecule has 1 aromatic rings. The van der Waals surface area contributed by atoms with Crippen LogP contribution in [-0.4, -0.2) is 42.0 Å². The number of carbonyl (C=O) groups excluding carboxylic acids is 1. The largest absolute Gasteiger partial charge is 0.477 e. The van der Waals surface area contributed by atoms with Crippen LogP contribution < -0.4 is 5.32 Å². The number of hydrogen-bond donors (Lipinski definition) is 2. The molecule has 1 heterocycles. The summed E-state index contributed by atoms with van der Waals surface area (Å²) in [6, 6.07) is 3.41. The Kier molecular flexibility index (Phi) is 5.80. The van der Waals surface area contributed by atoms with Crippen molar-refractivity contribution in [1.29, 1.82) is 0 Å². The highest BCUT2D eigenvalue weighted by atomic mass is 32.1. The minimum Gasteiger partial charge on any atom is -0.477 e. The van der Waals surface area contributed by atoms with Crippen LogP contribution in [0.25, 0.3) is 0 Å². The third-order valence-corrected chi connectivity index (χ3v) is 3.50. The Morgan fingerprint density at radius 1 is 1.44 bits per heavy atom. The second-order valence-electron chi connectivity index (χ2n) is 3.95. The Morgan fingerprint density at radius 3 is 2.67 bits per heavy atom. The maximum Gasteiger partial charge on any atom is 0.345 e. The van der Waals surface area contributed by atoms with Crippen molar-refractivity contribution in [2.45, 2.75) is 19.9 Å². The molecule has 0 unspecified atom stereocenters. The Labute approximate surface area is 110 Å². The molecular formula is C12H18N2O3S. The van der Waals surface area contributed by atoms with Gasteiger partial charge in [0.2, 0.25) is 5.91 Å². The number of amides is 1. The summed E-state index contributed by atoms with van der Waals surface area (Å²) in [4.78, 5) is 25.4. The normalized spacial score (nSPS) is 10.6. The van der Waals surface area contributed by atoms with E-state index in [1.54, 1.807) is 19.2 Å². The molecule has 1 aromatic heterocycles. The van der Waals surface area contributed by atoms with Crippen LogP contribution in [0.1, 0.15) is 27.9 Å². The first kappa shape index (κ1) is 14.7. The SMILES string of the molecule is CCCN(CC(=O)NC)Cc1ccc(C(=O)O)s1. The topological polar surface area (TPSA) is 69.6 Å². The van der Waals surface area contributed by atoms with E-state index in [0.29, 0.717) is 18.0 Å². The summed E-state index contributed by atoms with van der Waals surface area (Å²) in [5.74, 6) is -0.932. The smallest absolute Gasteiger partial charge is 0.345 e. The molecule has 0 fully saturated rings. The van der Waals surface area contributed by atoms with Gasteiger partial charge >= 0.3 is 5.97 Å². The molecule has 1 amide bonds. The molecule has 6 heteroatoms. The van der Waals surface area contributed by atoms with E-state index < -0.39 is 5.97 Å². The third-order valence-electron chi connectivity index (χ3n) is 2.44. The summed E-state index contributed by atoms with van der Waals surface area (Å²) in [7, 11) is 1.61. The van der Waals surface area contributed by atoms with Gasteiger partial charge in [0.25, 0.3) is 0 Å². The second kappa shape index (κ2) is 7.13. The van der Waals surface area contributed by atoms with Gasteiger partial charge in [-0.05, 0) is 25.1 Å². The Bertz CT molecular complexity index is 417.